The maximum atomic E-state index is 9.69. The summed E-state index contributed by atoms with van der Waals surface area (Å²) in [5, 5.41) is 9.69. The molecule has 0 spiro atoms. The quantitative estimate of drug-likeness (QED) is 0.849. The first-order valence-electron chi connectivity index (χ1n) is 6.54. The van der Waals surface area contributed by atoms with Gasteiger partial charge in [0.05, 0.1) is 12.7 Å². The molecule has 0 saturated heterocycles. The number of allylic oxidation sites excluding steroid dienone is 1. The predicted molar refractivity (Wildman–Crippen MR) is 75.0 cm³/mol. The van der Waals surface area contributed by atoms with Crippen LogP contribution in [0.25, 0.3) is 0 Å². The predicted octanol–water partition coefficient (Wildman–Crippen LogP) is 3.40. The van der Waals surface area contributed by atoms with Crippen LogP contribution in [-0.4, -0.2) is 17.8 Å². The van der Waals surface area contributed by atoms with Crippen LogP contribution in [0.3, 0.4) is 0 Å². The monoisotopic (exact) mass is 308 g/mol. The average molecular weight is 309 g/mol. The summed E-state index contributed by atoms with van der Waals surface area (Å²) in [7, 11) is 0. The van der Waals surface area contributed by atoms with E-state index in [2.05, 4.69) is 28.1 Å². The Hall–Kier alpha value is -0.800. The van der Waals surface area contributed by atoms with Crippen molar-refractivity contribution in [3.8, 4) is 5.75 Å². The van der Waals surface area contributed by atoms with Gasteiger partial charge in [-0.2, -0.15) is 0 Å². The van der Waals surface area contributed by atoms with E-state index in [0.717, 1.165) is 48.9 Å². The number of halogens is 1. The van der Waals surface area contributed by atoms with Gasteiger partial charge in [0.1, 0.15) is 5.75 Å². The van der Waals surface area contributed by atoms with E-state index < -0.39 is 0 Å². The highest BCUT2D eigenvalue weighted by molar-refractivity contribution is 9.10. The Bertz CT molecular complexity index is 494. The van der Waals surface area contributed by atoms with Crippen LogP contribution in [0.4, 0.5) is 0 Å². The number of hydrogen-bond acceptors (Lipinski definition) is 2. The van der Waals surface area contributed by atoms with Crippen LogP contribution >= 0.6 is 15.9 Å². The largest absolute Gasteiger partial charge is 0.493 e. The number of hydrogen-bond donors (Lipinski definition) is 1. The molecule has 0 amide bonds. The summed E-state index contributed by atoms with van der Waals surface area (Å²) < 4.78 is 6.87. The van der Waals surface area contributed by atoms with Crippen molar-refractivity contribution in [2.75, 3.05) is 6.61 Å². The van der Waals surface area contributed by atoms with Crippen LogP contribution in [0.15, 0.2) is 28.3 Å². The number of benzene rings is 1. The van der Waals surface area contributed by atoms with Crippen molar-refractivity contribution in [2.45, 2.75) is 38.2 Å². The average Bonchev–Trinajstić information content (AvgIpc) is 2.77. The third-order valence-electron chi connectivity index (χ3n) is 3.67. The number of fused-ring (bicyclic) bond motifs is 1. The minimum Gasteiger partial charge on any atom is -0.493 e. The van der Waals surface area contributed by atoms with Crippen LogP contribution in [0, 0.1) is 0 Å². The summed E-state index contributed by atoms with van der Waals surface area (Å²) in [5.41, 5.74) is 3.89. The van der Waals surface area contributed by atoms with E-state index in [1.165, 1.54) is 16.7 Å². The van der Waals surface area contributed by atoms with Crippen molar-refractivity contribution in [2.24, 2.45) is 0 Å². The molecule has 3 heteroatoms. The van der Waals surface area contributed by atoms with Gasteiger partial charge in [-0.15, -0.1) is 0 Å². The topological polar surface area (TPSA) is 29.5 Å². The van der Waals surface area contributed by atoms with E-state index in [4.69, 9.17) is 4.74 Å². The number of aliphatic hydroxyl groups is 1. The lowest BCUT2D eigenvalue weighted by molar-refractivity contribution is 0.201. The van der Waals surface area contributed by atoms with E-state index in [0.29, 0.717) is 0 Å². The summed E-state index contributed by atoms with van der Waals surface area (Å²) >= 11 is 3.57. The Morgan fingerprint density at radius 1 is 1.33 bits per heavy atom. The molecule has 0 fully saturated rings. The molecule has 3 rings (SSSR count). The molecule has 1 aliphatic carbocycles. The molecular weight excluding hydrogens is 292 g/mol. The Labute approximate surface area is 116 Å². The molecule has 1 atom stereocenters. The van der Waals surface area contributed by atoms with E-state index in [1.54, 1.807) is 0 Å². The zero-order valence-corrected chi connectivity index (χ0v) is 11.9. The molecule has 1 aliphatic heterocycles. The van der Waals surface area contributed by atoms with Crippen molar-refractivity contribution in [1.82, 2.24) is 0 Å². The molecule has 2 aliphatic rings. The molecule has 96 valence electrons. The Morgan fingerprint density at radius 2 is 2.22 bits per heavy atom. The second-order valence-electron chi connectivity index (χ2n) is 5.11. The van der Waals surface area contributed by atoms with Crippen molar-refractivity contribution >= 4 is 15.9 Å². The zero-order valence-electron chi connectivity index (χ0n) is 10.3. The zero-order chi connectivity index (χ0) is 12.5. The lowest BCUT2D eigenvalue weighted by Crippen LogP contribution is -2.10. The van der Waals surface area contributed by atoms with Gasteiger partial charge in [-0.1, -0.05) is 27.6 Å². The van der Waals surface area contributed by atoms with Crippen LogP contribution in [0.5, 0.6) is 5.75 Å². The molecule has 0 aromatic heterocycles. The minimum absolute atomic E-state index is 0.255. The third kappa shape index (κ3) is 2.47. The first-order valence-corrected chi connectivity index (χ1v) is 7.33. The summed E-state index contributed by atoms with van der Waals surface area (Å²) in [4.78, 5) is 0. The first-order chi connectivity index (χ1) is 8.72. The van der Waals surface area contributed by atoms with Gasteiger partial charge in [0.2, 0.25) is 0 Å². The van der Waals surface area contributed by atoms with Gasteiger partial charge < -0.3 is 9.84 Å². The SMILES string of the molecule is OC1C=C(Cc2cc(Br)cc3c2OCC3)CCC1. The van der Waals surface area contributed by atoms with Gasteiger partial charge >= 0.3 is 0 Å². The van der Waals surface area contributed by atoms with Gasteiger partial charge in [0, 0.05) is 10.9 Å². The van der Waals surface area contributed by atoms with Crippen molar-refractivity contribution < 1.29 is 9.84 Å². The number of ether oxygens (including phenoxy) is 1. The Morgan fingerprint density at radius 3 is 3.06 bits per heavy atom. The maximum absolute atomic E-state index is 9.69. The van der Waals surface area contributed by atoms with Crippen LogP contribution in [0.2, 0.25) is 0 Å². The Balaban J connectivity index is 1.89. The lowest BCUT2D eigenvalue weighted by atomic mass is 9.92. The standard InChI is InChI=1S/C15H17BrO2/c16-13-8-11-4-5-18-15(11)12(9-13)6-10-2-1-3-14(17)7-10/h7-9,14,17H,1-6H2. The van der Waals surface area contributed by atoms with Crippen LogP contribution < -0.4 is 4.74 Å². The molecular formula is C15H17BrO2. The molecule has 1 aromatic rings. The second kappa shape index (κ2) is 5.06. The van der Waals surface area contributed by atoms with Gasteiger partial charge in [0.25, 0.3) is 0 Å². The molecule has 1 aromatic carbocycles. The summed E-state index contributed by atoms with van der Waals surface area (Å²) in [6.45, 7) is 0.792. The van der Waals surface area contributed by atoms with E-state index >= 15 is 0 Å². The van der Waals surface area contributed by atoms with Gasteiger partial charge in [0.15, 0.2) is 0 Å². The molecule has 0 radical (unpaired) electrons. The number of rotatable bonds is 2. The number of aliphatic hydroxyl groups excluding tert-OH is 1. The summed E-state index contributed by atoms with van der Waals surface area (Å²) in [6.07, 6.45) is 6.75. The van der Waals surface area contributed by atoms with Crippen molar-refractivity contribution in [3.05, 3.63) is 39.4 Å². The summed E-state index contributed by atoms with van der Waals surface area (Å²) in [5.74, 6) is 1.07. The first kappa shape index (κ1) is 12.2. The highest BCUT2D eigenvalue weighted by atomic mass is 79.9. The van der Waals surface area contributed by atoms with Crippen LogP contribution in [0.1, 0.15) is 30.4 Å². The summed E-state index contributed by atoms with van der Waals surface area (Å²) in [6, 6.07) is 4.29. The molecule has 18 heavy (non-hydrogen) atoms. The van der Waals surface area contributed by atoms with Crippen LogP contribution in [-0.2, 0) is 12.8 Å². The van der Waals surface area contributed by atoms with Gasteiger partial charge in [-0.05, 0) is 48.9 Å². The maximum Gasteiger partial charge on any atom is 0.126 e. The molecule has 0 bridgehead atoms. The molecule has 1 heterocycles. The Kier molecular flexibility index (Phi) is 3.44. The molecule has 2 nitrogen and oxygen atoms in total. The van der Waals surface area contributed by atoms with Gasteiger partial charge in [-0.3, -0.25) is 0 Å². The fraction of sp³-hybridized carbons (Fsp3) is 0.467. The van der Waals surface area contributed by atoms with E-state index in [-0.39, 0.29) is 6.10 Å². The fourth-order valence-corrected chi connectivity index (χ4v) is 3.40. The second-order valence-corrected chi connectivity index (χ2v) is 6.03. The smallest absolute Gasteiger partial charge is 0.126 e. The van der Waals surface area contributed by atoms with Crippen molar-refractivity contribution in [3.63, 3.8) is 0 Å². The third-order valence-corrected chi connectivity index (χ3v) is 4.13. The van der Waals surface area contributed by atoms with Crippen molar-refractivity contribution in [1.29, 1.82) is 0 Å². The fourth-order valence-electron chi connectivity index (χ4n) is 2.85. The highest BCUT2D eigenvalue weighted by Crippen LogP contribution is 2.35. The van der Waals surface area contributed by atoms with Gasteiger partial charge in [-0.25, -0.2) is 0 Å². The highest BCUT2D eigenvalue weighted by Gasteiger charge is 2.19. The molecule has 1 unspecified atom stereocenters. The molecule has 1 N–H and O–H groups in total. The minimum atomic E-state index is -0.255. The molecule has 0 saturated carbocycles. The van der Waals surface area contributed by atoms with E-state index in [1.807, 2.05) is 6.08 Å². The normalized spacial score (nSPS) is 22.3. The lowest BCUT2D eigenvalue weighted by Gasteiger charge is -2.18. The van der Waals surface area contributed by atoms with E-state index in [9.17, 15) is 5.11 Å².